The van der Waals surface area contributed by atoms with Crippen LogP contribution in [0.5, 0.6) is 0 Å². The molecule has 1 heterocycles. The van der Waals surface area contributed by atoms with Crippen LogP contribution in [0, 0.1) is 0 Å². The van der Waals surface area contributed by atoms with Gasteiger partial charge >= 0.3 is 5.69 Å². The Morgan fingerprint density at radius 1 is 1.09 bits per heavy atom. The minimum absolute atomic E-state index is 0.128. The molecule has 6 nitrogen and oxygen atoms in total. The number of amides is 1. The zero-order chi connectivity index (χ0) is 22.2. The Morgan fingerprint density at radius 2 is 1.81 bits per heavy atom. The molecule has 0 spiro atoms. The standard InChI is InChI=1S/C25H23ClN4O2/c1-16(19-7-6-17-4-2-3-5-20(17)14-19)27-23(31)15-29-25(32)30(22-12-13-22)24(28-29)18-8-10-21(26)11-9-18/h2-11,14,16,22H,12-13,15H2,1H3,(H,27,31)/t16-/m1/s1. The van der Waals surface area contributed by atoms with Crippen molar-refractivity contribution in [3.8, 4) is 11.4 Å². The van der Waals surface area contributed by atoms with Crippen molar-refractivity contribution in [3.05, 3.63) is 87.8 Å². The number of nitrogens with one attached hydrogen (secondary N) is 1. The number of benzene rings is 3. The number of nitrogens with zero attached hydrogens (tertiary/aromatic N) is 3. The van der Waals surface area contributed by atoms with E-state index in [1.165, 1.54) is 4.68 Å². The number of fused-ring (bicyclic) bond motifs is 1. The maximum Gasteiger partial charge on any atom is 0.346 e. The number of hydrogen-bond acceptors (Lipinski definition) is 3. The summed E-state index contributed by atoms with van der Waals surface area (Å²) in [6, 6.07) is 21.4. The molecule has 162 valence electrons. The van der Waals surface area contributed by atoms with Gasteiger partial charge in [0.15, 0.2) is 5.82 Å². The number of aromatic nitrogens is 3. The zero-order valence-corrected chi connectivity index (χ0v) is 18.4. The van der Waals surface area contributed by atoms with Crippen LogP contribution in [0.4, 0.5) is 0 Å². The SMILES string of the molecule is C[C@@H](NC(=O)Cn1nc(-c2ccc(Cl)cc2)n(C2CC2)c1=O)c1ccc2ccccc2c1. The summed E-state index contributed by atoms with van der Waals surface area (Å²) in [4.78, 5) is 25.8. The molecule has 0 aliphatic heterocycles. The second-order valence-corrected chi connectivity index (χ2v) is 8.70. The third-order valence-corrected chi connectivity index (χ3v) is 6.08. The van der Waals surface area contributed by atoms with Gasteiger partial charge in [-0.2, -0.15) is 0 Å². The van der Waals surface area contributed by atoms with Gasteiger partial charge in [0.1, 0.15) is 6.54 Å². The van der Waals surface area contributed by atoms with Crippen LogP contribution in [0.1, 0.15) is 37.4 Å². The van der Waals surface area contributed by atoms with Gasteiger partial charge in [-0.15, -0.1) is 5.10 Å². The zero-order valence-electron chi connectivity index (χ0n) is 17.7. The lowest BCUT2D eigenvalue weighted by atomic mass is 10.0. The van der Waals surface area contributed by atoms with Gasteiger partial charge in [-0.25, -0.2) is 9.48 Å². The molecule has 1 amide bonds. The Hall–Kier alpha value is -3.38. The molecule has 0 radical (unpaired) electrons. The van der Waals surface area contributed by atoms with Crippen molar-refractivity contribution in [2.45, 2.75) is 38.4 Å². The first-order valence-electron chi connectivity index (χ1n) is 10.7. The van der Waals surface area contributed by atoms with Crippen molar-refractivity contribution in [3.63, 3.8) is 0 Å². The molecule has 32 heavy (non-hydrogen) atoms. The first-order chi connectivity index (χ1) is 15.5. The van der Waals surface area contributed by atoms with Crippen molar-refractivity contribution < 1.29 is 4.79 Å². The predicted molar refractivity (Wildman–Crippen MR) is 126 cm³/mol. The first-order valence-corrected chi connectivity index (χ1v) is 11.1. The highest BCUT2D eigenvalue weighted by molar-refractivity contribution is 6.30. The average Bonchev–Trinajstić information content (AvgIpc) is 3.58. The molecule has 4 aromatic rings. The third kappa shape index (κ3) is 4.06. The van der Waals surface area contributed by atoms with E-state index in [1.807, 2.05) is 43.3 Å². The predicted octanol–water partition coefficient (Wildman–Crippen LogP) is 4.73. The lowest BCUT2D eigenvalue weighted by Gasteiger charge is -2.15. The molecule has 0 unspecified atom stereocenters. The second kappa shape index (κ2) is 8.28. The fourth-order valence-corrected chi connectivity index (χ4v) is 4.09. The maximum atomic E-state index is 13.0. The largest absolute Gasteiger partial charge is 0.348 e. The van der Waals surface area contributed by atoms with Gasteiger partial charge in [-0.1, -0.05) is 48.0 Å². The molecule has 5 rings (SSSR count). The van der Waals surface area contributed by atoms with Crippen molar-refractivity contribution in [2.24, 2.45) is 0 Å². The molecule has 3 aromatic carbocycles. The molecule has 1 aromatic heterocycles. The van der Waals surface area contributed by atoms with Crippen molar-refractivity contribution in [1.29, 1.82) is 0 Å². The lowest BCUT2D eigenvalue weighted by molar-refractivity contribution is -0.122. The van der Waals surface area contributed by atoms with Crippen molar-refractivity contribution in [2.75, 3.05) is 0 Å². The van der Waals surface area contributed by atoms with E-state index in [9.17, 15) is 9.59 Å². The summed E-state index contributed by atoms with van der Waals surface area (Å²) in [5.41, 5.74) is 1.56. The van der Waals surface area contributed by atoms with Gasteiger partial charge in [0.05, 0.1) is 6.04 Å². The number of halogens is 1. The van der Waals surface area contributed by atoms with Gasteiger partial charge in [0.2, 0.25) is 5.91 Å². The Bertz CT molecular complexity index is 1350. The van der Waals surface area contributed by atoms with Gasteiger partial charge in [-0.05, 0) is 66.4 Å². The van der Waals surface area contributed by atoms with Crippen LogP contribution in [-0.2, 0) is 11.3 Å². The smallest absolute Gasteiger partial charge is 0.346 e. The van der Waals surface area contributed by atoms with Crippen molar-refractivity contribution in [1.82, 2.24) is 19.7 Å². The lowest BCUT2D eigenvalue weighted by Crippen LogP contribution is -2.34. The van der Waals surface area contributed by atoms with Crippen LogP contribution in [0.25, 0.3) is 22.2 Å². The van der Waals surface area contributed by atoms with E-state index in [2.05, 4.69) is 28.6 Å². The number of carbonyl (C=O) groups excluding carboxylic acids is 1. The molecule has 0 bridgehead atoms. The third-order valence-electron chi connectivity index (χ3n) is 5.83. The average molecular weight is 447 g/mol. The van der Waals surface area contributed by atoms with Crippen LogP contribution in [0.3, 0.4) is 0 Å². The van der Waals surface area contributed by atoms with Gasteiger partial charge in [-0.3, -0.25) is 9.36 Å². The number of carbonyl (C=O) groups is 1. The Morgan fingerprint density at radius 3 is 2.53 bits per heavy atom. The van der Waals surface area contributed by atoms with Crippen LogP contribution in [-0.4, -0.2) is 20.3 Å². The number of rotatable bonds is 6. The molecule has 0 saturated heterocycles. The maximum absolute atomic E-state index is 13.0. The summed E-state index contributed by atoms with van der Waals surface area (Å²) >= 11 is 6.00. The normalized spacial score (nSPS) is 14.4. The number of hydrogen-bond donors (Lipinski definition) is 1. The monoisotopic (exact) mass is 446 g/mol. The first kappa shape index (κ1) is 20.5. The molecular formula is C25H23ClN4O2. The molecule has 1 aliphatic carbocycles. The summed E-state index contributed by atoms with van der Waals surface area (Å²) in [6.07, 6.45) is 1.88. The van der Waals surface area contributed by atoms with Crippen LogP contribution in [0.2, 0.25) is 5.02 Å². The van der Waals surface area contributed by atoms with E-state index in [0.29, 0.717) is 10.8 Å². The quantitative estimate of drug-likeness (QED) is 0.465. The highest BCUT2D eigenvalue weighted by Gasteiger charge is 2.30. The highest BCUT2D eigenvalue weighted by Crippen LogP contribution is 2.36. The molecular weight excluding hydrogens is 424 g/mol. The van der Waals surface area contributed by atoms with E-state index in [-0.39, 0.29) is 30.2 Å². The van der Waals surface area contributed by atoms with E-state index >= 15 is 0 Å². The van der Waals surface area contributed by atoms with Gasteiger partial charge in [0, 0.05) is 16.6 Å². The molecule has 1 aliphatic rings. The van der Waals surface area contributed by atoms with Crippen LogP contribution in [0.15, 0.2) is 71.5 Å². The van der Waals surface area contributed by atoms with Gasteiger partial charge < -0.3 is 5.32 Å². The van der Waals surface area contributed by atoms with Crippen LogP contribution < -0.4 is 11.0 Å². The summed E-state index contributed by atoms with van der Waals surface area (Å²) in [5, 5.41) is 10.4. The Labute approximate surface area is 190 Å². The minimum Gasteiger partial charge on any atom is -0.348 e. The van der Waals surface area contributed by atoms with E-state index in [1.54, 1.807) is 16.7 Å². The summed E-state index contributed by atoms with van der Waals surface area (Å²) < 4.78 is 2.95. The summed E-state index contributed by atoms with van der Waals surface area (Å²) in [5.74, 6) is 0.320. The topological polar surface area (TPSA) is 68.9 Å². The van der Waals surface area contributed by atoms with Gasteiger partial charge in [0.25, 0.3) is 0 Å². The molecule has 1 saturated carbocycles. The Kier molecular flexibility index (Phi) is 5.31. The molecule has 1 N–H and O–H groups in total. The molecule has 7 heteroatoms. The van der Waals surface area contributed by atoms with Crippen LogP contribution >= 0.6 is 11.6 Å². The minimum atomic E-state index is -0.258. The summed E-state index contributed by atoms with van der Waals surface area (Å²) in [6.45, 7) is 1.81. The highest BCUT2D eigenvalue weighted by atomic mass is 35.5. The fourth-order valence-electron chi connectivity index (χ4n) is 3.96. The van der Waals surface area contributed by atoms with E-state index < -0.39 is 0 Å². The fraction of sp³-hybridized carbons (Fsp3) is 0.240. The second-order valence-electron chi connectivity index (χ2n) is 8.27. The molecule has 1 atom stereocenters. The van der Waals surface area contributed by atoms with E-state index in [4.69, 9.17) is 11.6 Å². The molecule has 1 fully saturated rings. The Balaban J connectivity index is 1.36. The van der Waals surface area contributed by atoms with Crippen molar-refractivity contribution >= 4 is 28.3 Å². The van der Waals surface area contributed by atoms with E-state index in [0.717, 1.165) is 34.7 Å². The summed E-state index contributed by atoms with van der Waals surface area (Å²) in [7, 11) is 0.